The number of nitrogens with zero attached hydrogens (tertiary/aromatic N) is 2. The number of furan rings is 1. The summed E-state index contributed by atoms with van der Waals surface area (Å²) in [5, 5.41) is 7.44. The Balaban J connectivity index is 1.20. The maximum Gasteiger partial charge on any atom is 0.293 e. The molecule has 1 aromatic heterocycles. The summed E-state index contributed by atoms with van der Waals surface area (Å²) in [4.78, 5) is 29.7. The smallest absolute Gasteiger partial charge is 0.293 e. The lowest BCUT2D eigenvalue weighted by molar-refractivity contribution is 0.0746. The SMILES string of the molecule is O=C(NC(=S)Nc1ccccc1N1CCN(C(=O)c2ccc(Cl)cc2)CC1)c1ccc(-c2cc(Cl)ccc2Cl)o1. The number of thiocarbonyl (C=S) groups is 1. The minimum atomic E-state index is -0.506. The Morgan fingerprint density at radius 2 is 1.52 bits per heavy atom. The van der Waals surface area contributed by atoms with Gasteiger partial charge in [0.2, 0.25) is 0 Å². The molecule has 1 fully saturated rings. The highest BCUT2D eigenvalue weighted by molar-refractivity contribution is 7.80. The van der Waals surface area contributed by atoms with Crippen molar-refractivity contribution in [1.82, 2.24) is 10.2 Å². The Kier molecular flexibility index (Phi) is 8.61. The van der Waals surface area contributed by atoms with E-state index >= 15 is 0 Å². The van der Waals surface area contributed by atoms with Crippen molar-refractivity contribution in [3.63, 3.8) is 0 Å². The molecule has 0 spiro atoms. The fourth-order valence-electron chi connectivity index (χ4n) is 4.39. The molecule has 1 aliphatic heterocycles. The van der Waals surface area contributed by atoms with Crippen LogP contribution in [0.3, 0.4) is 0 Å². The maximum absolute atomic E-state index is 12.9. The number of rotatable bonds is 5. The molecule has 2 heterocycles. The summed E-state index contributed by atoms with van der Waals surface area (Å²) in [6.45, 7) is 2.40. The topological polar surface area (TPSA) is 77.8 Å². The number of carbonyl (C=O) groups excluding carboxylic acids is 2. The highest BCUT2D eigenvalue weighted by atomic mass is 35.5. The summed E-state index contributed by atoms with van der Waals surface area (Å²) in [6, 6.07) is 22.8. The third-order valence-corrected chi connectivity index (χ3v) is 7.42. The molecule has 0 saturated carbocycles. The zero-order chi connectivity index (χ0) is 28.2. The lowest BCUT2D eigenvalue weighted by atomic mass is 10.1. The van der Waals surface area contributed by atoms with Crippen molar-refractivity contribution in [1.29, 1.82) is 0 Å². The van der Waals surface area contributed by atoms with Crippen LogP contribution >= 0.6 is 47.0 Å². The van der Waals surface area contributed by atoms with Gasteiger partial charge in [-0.1, -0.05) is 46.9 Å². The summed E-state index contributed by atoms with van der Waals surface area (Å²) in [5.74, 6) is -0.0421. The lowest BCUT2D eigenvalue weighted by Gasteiger charge is -2.37. The number of halogens is 3. The molecule has 40 heavy (non-hydrogen) atoms. The number of carbonyl (C=O) groups is 2. The van der Waals surface area contributed by atoms with Crippen LogP contribution in [0.25, 0.3) is 11.3 Å². The van der Waals surface area contributed by atoms with E-state index in [2.05, 4.69) is 15.5 Å². The number of hydrogen-bond acceptors (Lipinski definition) is 5. The standard InChI is InChI=1S/C29H23Cl3N4O3S/c30-19-7-5-18(6-8-19)28(38)36-15-13-35(14-16-36)24-4-2-1-3-23(24)33-29(40)34-27(37)26-12-11-25(39-26)21-17-20(31)9-10-22(21)32/h1-12,17H,13-16H2,(H2,33,34,37,40). The van der Waals surface area contributed by atoms with Crippen molar-refractivity contribution in [3.05, 3.63) is 105 Å². The molecule has 0 radical (unpaired) electrons. The van der Waals surface area contributed by atoms with Crippen molar-refractivity contribution in [2.45, 2.75) is 0 Å². The van der Waals surface area contributed by atoms with Crippen LogP contribution in [0.4, 0.5) is 11.4 Å². The van der Waals surface area contributed by atoms with Gasteiger partial charge in [0, 0.05) is 47.4 Å². The van der Waals surface area contributed by atoms with E-state index in [0.29, 0.717) is 58.1 Å². The van der Waals surface area contributed by atoms with E-state index in [9.17, 15) is 9.59 Å². The second kappa shape index (κ2) is 12.3. The Morgan fingerprint density at radius 3 is 2.27 bits per heavy atom. The van der Waals surface area contributed by atoms with E-state index in [4.69, 9.17) is 51.4 Å². The first-order chi connectivity index (χ1) is 19.3. The molecule has 204 valence electrons. The van der Waals surface area contributed by atoms with Crippen LogP contribution in [0, 0.1) is 0 Å². The number of nitrogens with one attached hydrogen (secondary N) is 2. The fourth-order valence-corrected chi connectivity index (χ4v) is 5.10. The van der Waals surface area contributed by atoms with Gasteiger partial charge in [0.15, 0.2) is 10.9 Å². The molecule has 5 rings (SSSR count). The number of para-hydroxylation sites is 2. The number of hydrogen-bond donors (Lipinski definition) is 2. The van der Waals surface area contributed by atoms with E-state index in [1.54, 1.807) is 54.6 Å². The molecule has 7 nitrogen and oxygen atoms in total. The fraction of sp³-hybridized carbons (Fsp3) is 0.138. The molecule has 2 amide bonds. The number of amides is 2. The minimum Gasteiger partial charge on any atom is -0.451 e. The molecule has 3 aromatic carbocycles. The third-order valence-electron chi connectivity index (χ3n) is 6.40. The minimum absolute atomic E-state index is 0.0228. The number of anilines is 2. The lowest BCUT2D eigenvalue weighted by Crippen LogP contribution is -2.49. The van der Waals surface area contributed by atoms with Crippen LogP contribution in [0.5, 0.6) is 0 Å². The second-order valence-electron chi connectivity index (χ2n) is 9.00. The zero-order valence-electron chi connectivity index (χ0n) is 21.0. The largest absolute Gasteiger partial charge is 0.451 e. The van der Waals surface area contributed by atoms with E-state index in [1.807, 2.05) is 29.2 Å². The van der Waals surface area contributed by atoms with Crippen molar-refractivity contribution in [2.24, 2.45) is 0 Å². The molecule has 0 bridgehead atoms. The van der Waals surface area contributed by atoms with Crippen LogP contribution in [0.1, 0.15) is 20.9 Å². The first-order valence-corrected chi connectivity index (χ1v) is 13.9. The quantitative estimate of drug-likeness (QED) is 0.236. The van der Waals surface area contributed by atoms with Gasteiger partial charge in [-0.2, -0.15) is 0 Å². The van der Waals surface area contributed by atoms with Crippen molar-refractivity contribution in [2.75, 3.05) is 36.4 Å². The van der Waals surface area contributed by atoms with Gasteiger partial charge in [0.25, 0.3) is 11.8 Å². The van der Waals surface area contributed by atoms with E-state index in [0.717, 1.165) is 11.4 Å². The summed E-state index contributed by atoms with van der Waals surface area (Å²) in [6.07, 6.45) is 0. The summed E-state index contributed by atoms with van der Waals surface area (Å²) in [5.41, 5.74) is 2.84. The van der Waals surface area contributed by atoms with Crippen LogP contribution in [-0.4, -0.2) is 48.0 Å². The average Bonchev–Trinajstić information content (AvgIpc) is 3.45. The van der Waals surface area contributed by atoms with Gasteiger partial charge in [-0.3, -0.25) is 14.9 Å². The number of piperazine rings is 1. The van der Waals surface area contributed by atoms with E-state index < -0.39 is 5.91 Å². The molecular weight excluding hydrogens is 591 g/mol. The normalized spacial score (nSPS) is 13.2. The molecule has 0 aliphatic carbocycles. The molecule has 4 aromatic rings. The molecule has 11 heteroatoms. The highest BCUT2D eigenvalue weighted by Gasteiger charge is 2.24. The van der Waals surface area contributed by atoms with Crippen LogP contribution in [-0.2, 0) is 0 Å². The van der Waals surface area contributed by atoms with Crippen molar-refractivity contribution < 1.29 is 14.0 Å². The number of benzene rings is 3. The molecular formula is C29H23Cl3N4O3S. The summed E-state index contributed by atoms with van der Waals surface area (Å²) in [7, 11) is 0. The van der Waals surface area contributed by atoms with Gasteiger partial charge in [-0.25, -0.2) is 0 Å². The maximum atomic E-state index is 12.9. The Bertz CT molecular complexity index is 1570. The summed E-state index contributed by atoms with van der Waals surface area (Å²) >= 11 is 23.7. The van der Waals surface area contributed by atoms with Crippen LogP contribution in [0.2, 0.25) is 15.1 Å². The summed E-state index contributed by atoms with van der Waals surface area (Å²) < 4.78 is 5.71. The highest BCUT2D eigenvalue weighted by Crippen LogP contribution is 2.32. The first-order valence-electron chi connectivity index (χ1n) is 12.3. The first kappa shape index (κ1) is 28.0. The van der Waals surface area contributed by atoms with Gasteiger partial charge < -0.3 is 19.5 Å². The molecule has 1 saturated heterocycles. The van der Waals surface area contributed by atoms with Gasteiger partial charge in [-0.05, 0) is 78.9 Å². The van der Waals surface area contributed by atoms with Gasteiger partial charge >= 0.3 is 0 Å². The molecule has 1 aliphatic rings. The van der Waals surface area contributed by atoms with Crippen LogP contribution in [0.15, 0.2) is 83.3 Å². The van der Waals surface area contributed by atoms with Crippen molar-refractivity contribution in [3.8, 4) is 11.3 Å². The third kappa shape index (κ3) is 6.42. The monoisotopic (exact) mass is 612 g/mol. The Hall–Kier alpha value is -3.56. The van der Waals surface area contributed by atoms with Crippen molar-refractivity contribution >= 4 is 75.3 Å². The van der Waals surface area contributed by atoms with Gasteiger partial charge in [0.1, 0.15) is 5.76 Å². The van der Waals surface area contributed by atoms with Gasteiger partial charge in [-0.15, -0.1) is 0 Å². The molecule has 2 N–H and O–H groups in total. The predicted octanol–water partition coefficient (Wildman–Crippen LogP) is 7.00. The predicted molar refractivity (Wildman–Crippen MR) is 164 cm³/mol. The molecule has 0 unspecified atom stereocenters. The molecule has 0 atom stereocenters. The Labute approximate surface area is 251 Å². The van der Waals surface area contributed by atoms with E-state index in [1.165, 1.54) is 0 Å². The Morgan fingerprint density at radius 1 is 0.825 bits per heavy atom. The van der Waals surface area contributed by atoms with Crippen LogP contribution < -0.4 is 15.5 Å². The second-order valence-corrected chi connectivity index (χ2v) is 10.7. The van der Waals surface area contributed by atoms with E-state index in [-0.39, 0.29) is 16.8 Å². The zero-order valence-corrected chi connectivity index (χ0v) is 24.1. The van der Waals surface area contributed by atoms with Gasteiger partial charge in [0.05, 0.1) is 16.4 Å². The average molecular weight is 614 g/mol.